The average Bonchev–Trinajstić information content (AvgIpc) is 3.21. The maximum absolute atomic E-state index is 13.0. The molecule has 0 radical (unpaired) electrons. The van der Waals surface area contributed by atoms with Gasteiger partial charge in [-0.3, -0.25) is 0 Å². The van der Waals surface area contributed by atoms with Gasteiger partial charge in [0.05, 0.1) is 15.8 Å². The molecule has 3 aromatic rings. The Morgan fingerprint density at radius 3 is 2.26 bits per heavy atom. The van der Waals surface area contributed by atoms with Crippen molar-refractivity contribution in [3.05, 3.63) is 69.1 Å². The average molecular weight is 551 g/mol. The highest BCUT2D eigenvalue weighted by Gasteiger charge is 2.33. The van der Waals surface area contributed by atoms with Gasteiger partial charge in [0.1, 0.15) is 5.75 Å². The zero-order valence-corrected chi connectivity index (χ0v) is 20.7. The summed E-state index contributed by atoms with van der Waals surface area (Å²) < 4.78 is 66.7. The molecule has 0 N–H and O–H groups in total. The summed E-state index contributed by atoms with van der Waals surface area (Å²) in [5.74, 6) is -0.458. The molecule has 5 nitrogen and oxygen atoms in total. The third kappa shape index (κ3) is 6.16. The number of hydrogen-bond acceptors (Lipinski definition) is 6. The highest BCUT2D eigenvalue weighted by atomic mass is 35.5. The topological polar surface area (TPSA) is 59.5 Å². The van der Waals surface area contributed by atoms with Gasteiger partial charge in [-0.25, -0.2) is 13.4 Å². The van der Waals surface area contributed by atoms with Crippen LogP contribution in [-0.4, -0.2) is 38.1 Å². The van der Waals surface area contributed by atoms with Crippen LogP contribution in [0, 0.1) is 0 Å². The number of thiazole rings is 1. The highest BCUT2D eigenvalue weighted by molar-refractivity contribution is 7.92. The Bertz CT molecular complexity index is 1240. The SMILES string of the molecule is O=S(=O)(c1ccc(OC(F)(F)F)cc1)C1CCN(c2nc(Cc3cc(Cl)cc(Cl)c3)cs2)CC1. The van der Waals surface area contributed by atoms with Gasteiger partial charge in [-0.2, -0.15) is 0 Å². The van der Waals surface area contributed by atoms with Crippen LogP contribution in [0.15, 0.2) is 52.7 Å². The number of anilines is 1. The van der Waals surface area contributed by atoms with Crippen LogP contribution < -0.4 is 9.64 Å². The number of halogens is 5. The molecule has 0 amide bonds. The molecule has 1 aromatic heterocycles. The fourth-order valence-electron chi connectivity index (χ4n) is 3.83. The van der Waals surface area contributed by atoms with E-state index in [-0.39, 0.29) is 4.90 Å². The van der Waals surface area contributed by atoms with Crippen molar-refractivity contribution in [1.29, 1.82) is 0 Å². The summed E-state index contributed by atoms with van der Waals surface area (Å²) in [7, 11) is -3.68. The van der Waals surface area contributed by atoms with Gasteiger partial charge in [-0.15, -0.1) is 24.5 Å². The van der Waals surface area contributed by atoms with E-state index in [2.05, 4.69) is 9.72 Å². The first-order valence-corrected chi connectivity index (χ1v) is 13.4. The number of ether oxygens (including phenoxy) is 1. The molecule has 4 rings (SSSR count). The molecule has 1 aliphatic rings. The van der Waals surface area contributed by atoms with Crippen molar-refractivity contribution < 1.29 is 26.3 Å². The summed E-state index contributed by atoms with van der Waals surface area (Å²) in [6, 6.07) is 9.67. The molecule has 2 aromatic carbocycles. The van der Waals surface area contributed by atoms with Crippen LogP contribution in [0.3, 0.4) is 0 Å². The first-order valence-electron chi connectivity index (χ1n) is 10.2. The van der Waals surface area contributed by atoms with Crippen molar-refractivity contribution in [3.63, 3.8) is 0 Å². The Labute approximate surface area is 209 Å². The highest BCUT2D eigenvalue weighted by Crippen LogP contribution is 2.31. The smallest absolute Gasteiger partial charge is 0.406 e. The van der Waals surface area contributed by atoms with E-state index in [1.54, 1.807) is 6.07 Å². The molecule has 0 aliphatic carbocycles. The van der Waals surface area contributed by atoms with Crippen molar-refractivity contribution in [2.75, 3.05) is 18.0 Å². The first kappa shape index (κ1) is 25.1. The van der Waals surface area contributed by atoms with E-state index in [0.717, 1.165) is 40.7 Å². The van der Waals surface area contributed by atoms with E-state index in [4.69, 9.17) is 23.2 Å². The summed E-state index contributed by atoms with van der Waals surface area (Å²) in [5.41, 5.74) is 1.82. The van der Waals surface area contributed by atoms with Gasteiger partial charge < -0.3 is 9.64 Å². The van der Waals surface area contributed by atoms with Gasteiger partial charge in [0, 0.05) is 34.9 Å². The second-order valence-electron chi connectivity index (χ2n) is 7.83. The number of nitrogens with zero attached hydrogens (tertiary/aromatic N) is 2. The van der Waals surface area contributed by atoms with Crippen molar-refractivity contribution >= 4 is 49.5 Å². The Balaban J connectivity index is 1.37. The third-order valence-electron chi connectivity index (χ3n) is 5.38. The second kappa shape index (κ2) is 9.93. The molecule has 1 aliphatic heterocycles. The standard InChI is InChI=1S/C22H19Cl2F3N2O3S2/c23-15-9-14(10-16(24)12-15)11-17-13-33-21(28-17)29-7-5-20(6-8-29)34(30,31)19-3-1-18(2-4-19)32-22(25,26)27/h1-4,9-10,12-13,20H,5-8,11H2. The van der Waals surface area contributed by atoms with Crippen LogP contribution in [0.4, 0.5) is 18.3 Å². The maximum atomic E-state index is 13.0. The first-order chi connectivity index (χ1) is 16.0. The van der Waals surface area contributed by atoms with E-state index in [1.165, 1.54) is 11.3 Å². The van der Waals surface area contributed by atoms with Crippen LogP contribution in [0.5, 0.6) is 5.75 Å². The zero-order chi connectivity index (χ0) is 24.5. The Morgan fingerprint density at radius 1 is 1.06 bits per heavy atom. The maximum Gasteiger partial charge on any atom is 0.573 e. The molecule has 0 bridgehead atoms. The molecule has 12 heteroatoms. The number of sulfone groups is 1. The monoisotopic (exact) mass is 550 g/mol. The minimum absolute atomic E-state index is 0.0165. The molecular formula is C22H19Cl2F3N2O3S2. The van der Waals surface area contributed by atoms with E-state index in [9.17, 15) is 21.6 Å². The Kier molecular flexibility index (Phi) is 7.33. The van der Waals surface area contributed by atoms with Gasteiger partial charge in [0.2, 0.25) is 0 Å². The van der Waals surface area contributed by atoms with Gasteiger partial charge in [-0.1, -0.05) is 23.2 Å². The molecule has 34 heavy (non-hydrogen) atoms. The van der Waals surface area contributed by atoms with Gasteiger partial charge in [-0.05, 0) is 60.9 Å². The van der Waals surface area contributed by atoms with Crippen LogP contribution in [0.25, 0.3) is 0 Å². The molecule has 0 atom stereocenters. The lowest BCUT2D eigenvalue weighted by Crippen LogP contribution is -2.39. The largest absolute Gasteiger partial charge is 0.573 e. The fourth-order valence-corrected chi connectivity index (χ4v) is 7.01. The minimum atomic E-state index is -4.83. The van der Waals surface area contributed by atoms with Crippen molar-refractivity contribution in [3.8, 4) is 5.75 Å². The Hall–Kier alpha value is -2.01. The van der Waals surface area contributed by atoms with Crippen LogP contribution >= 0.6 is 34.5 Å². The molecule has 0 saturated carbocycles. The molecule has 182 valence electrons. The molecule has 1 saturated heterocycles. The molecule has 2 heterocycles. The lowest BCUT2D eigenvalue weighted by atomic mass is 10.1. The lowest BCUT2D eigenvalue weighted by Gasteiger charge is -2.31. The summed E-state index contributed by atoms with van der Waals surface area (Å²) in [6.45, 7) is 1.02. The zero-order valence-electron chi connectivity index (χ0n) is 17.6. The molecule has 1 fully saturated rings. The molecule has 0 spiro atoms. The predicted molar refractivity (Wildman–Crippen MR) is 127 cm³/mol. The fraction of sp³-hybridized carbons (Fsp3) is 0.318. The summed E-state index contributed by atoms with van der Waals surface area (Å²) in [5, 5.41) is 3.27. The van der Waals surface area contributed by atoms with E-state index in [0.29, 0.717) is 42.4 Å². The predicted octanol–water partition coefficient (Wildman–Crippen LogP) is 6.38. The second-order valence-corrected chi connectivity index (χ2v) is 11.8. The number of hydrogen-bond donors (Lipinski definition) is 0. The summed E-state index contributed by atoms with van der Waals surface area (Å²) in [4.78, 5) is 6.71. The van der Waals surface area contributed by atoms with E-state index >= 15 is 0 Å². The Morgan fingerprint density at radius 2 is 1.68 bits per heavy atom. The number of aromatic nitrogens is 1. The molecule has 0 unspecified atom stereocenters. The third-order valence-corrected chi connectivity index (χ3v) is 9.05. The van der Waals surface area contributed by atoms with Crippen LogP contribution in [0.2, 0.25) is 10.0 Å². The van der Waals surface area contributed by atoms with Gasteiger partial charge in [0.25, 0.3) is 0 Å². The minimum Gasteiger partial charge on any atom is -0.406 e. The molecular weight excluding hydrogens is 532 g/mol. The number of rotatable bonds is 6. The number of benzene rings is 2. The van der Waals surface area contributed by atoms with Crippen molar-refractivity contribution in [2.24, 2.45) is 0 Å². The summed E-state index contributed by atoms with van der Waals surface area (Å²) in [6.07, 6.45) is -3.47. The number of piperidine rings is 1. The van der Waals surface area contributed by atoms with Crippen molar-refractivity contribution in [2.45, 2.75) is 35.8 Å². The lowest BCUT2D eigenvalue weighted by molar-refractivity contribution is -0.274. The van der Waals surface area contributed by atoms with Gasteiger partial charge >= 0.3 is 6.36 Å². The van der Waals surface area contributed by atoms with Crippen LogP contribution in [0.1, 0.15) is 24.1 Å². The normalized spacial score (nSPS) is 15.5. The number of alkyl halides is 3. The quantitative estimate of drug-likeness (QED) is 0.356. The van der Waals surface area contributed by atoms with Crippen molar-refractivity contribution in [1.82, 2.24) is 4.98 Å². The summed E-state index contributed by atoms with van der Waals surface area (Å²) >= 11 is 13.6. The van der Waals surface area contributed by atoms with Crippen LogP contribution in [-0.2, 0) is 16.3 Å². The van der Waals surface area contributed by atoms with E-state index < -0.39 is 27.2 Å². The van der Waals surface area contributed by atoms with Gasteiger partial charge in [0.15, 0.2) is 15.0 Å². The van der Waals surface area contributed by atoms with E-state index in [1.807, 2.05) is 22.4 Å².